The number of benzene rings is 1. The van der Waals surface area contributed by atoms with Gasteiger partial charge in [0.1, 0.15) is 0 Å². The van der Waals surface area contributed by atoms with Crippen molar-refractivity contribution in [1.82, 2.24) is 19.4 Å². The summed E-state index contributed by atoms with van der Waals surface area (Å²) < 4.78 is 6.63. The van der Waals surface area contributed by atoms with Gasteiger partial charge in [0.2, 0.25) is 11.7 Å². The minimum atomic E-state index is -0.280. The lowest BCUT2D eigenvalue weighted by atomic mass is 10.0. The molecule has 0 saturated carbocycles. The molecule has 0 spiro atoms. The van der Waals surface area contributed by atoms with Gasteiger partial charge in [0.05, 0.1) is 35.1 Å². The highest BCUT2D eigenvalue weighted by molar-refractivity contribution is 6.45. The predicted octanol–water partition coefficient (Wildman–Crippen LogP) is 3.61. The summed E-state index contributed by atoms with van der Waals surface area (Å²) in [5, 5.41) is 1.53. The van der Waals surface area contributed by atoms with Gasteiger partial charge >= 0.3 is 0 Å². The fourth-order valence-corrected chi connectivity index (χ4v) is 3.97. The van der Waals surface area contributed by atoms with Crippen LogP contribution >= 0.6 is 23.2 Å². The molecular formula is C19H16Cl2N4O3. The molecular weight excluding hydrogens is 403 g/mol. The molecule has 3 heterocycles. The van der Waals surface area contributed by atoms with Crippen LogP contribution in [0.15, 0.2) is 24.5 Å². The highest BCUT2D eigenvalue weighted by Crippen LogP contribution is 2.38. The molecule has 9 heteroatoms. The Hall–Kier alpha value is -2.64. The smallest absolute Gasteiger partial charge is 0.291 e. The zero-order chi connectivity index (χ0) is 20.0. The molecule has 1 aliphatic rings. The summed E-state index contributed by atoms with van der Waals surface area (Å²) >= 11 is 12.6. The van der Waals surface area contributed by atoms with E-state index in [4.69, 9.17) is 27.9 Å². The van der Waals surface area contributed by atoms with Gasteiger partial charge in [-0.05, 0) is 6.07 Å². The van der Waals surface area contributed by atoms with Gasteiger partial charge in [0.15, 0.2) is 5.75 Å². The molecule has 0 radical (unpaired) electrons. The Kier molecular flexibility index (Phi) is 4.72. The maximum Gasteiger partial charge on any atom is 0.291 e. The van der Waals surface area contributed by atoms with Crippen LogP contribution in [0.25, 0.3) is 10.9 Å². The first-order valence-electron chi connectivity index (χ1n) is 8.58. The van der Waals surface area contributed by atoms with Crippen molar-refractivity contribution in [3.63, 3.8) is 0 Å². The lowest BCUT2D eigenvalue weighted by Gasteiger charge is -2.27. The maximum atomic E-state index is 12.8. The monoisotopic (exact) mass is 418 g/mol. The van der Waals surface area contributed by atoms with Gasteiger partial charge in [0.25, 0.3) is 5.91 Å². The van der Waals surface area contributed by atoms with Crippen molar-refractivity contribution >= 4 is 45.9 Å². The number of halogens is 2. The Morgan fingerprint density at radius 3 is 2.54 bits per heavy atom. The lowest BCUT2D eigenvalue weighted by molar-refractivity contribution is 0.0721. The Balaban J connectivity index is 1.76. The topological polar surface area (TPSA) is 77.3 Å². The van der Waals surface area contributed by atoms with E-state index in [0.717, 1.165) is 16.6 Å². The largest absolute Gasteiger partial charge is 0.494 e. The third kappa shape index (κ3) is 2.91. The Labute approximate surface area is 170 Å². The summed E-state index contributed by atoms with van der Waals surface area (Å²) in [5.74, 6) is 0.153. The van der Waals surface area contributed by atoms with Crippen LogP contribution in [-0.4, -0.2) is 44.9 Å². The average molecular weight is 419 g/mol. The van der Waals surface area contributed by atoms with Crippen molar-refractivity contribution in [2.24, 2.45) is 0 Å². The number of aromatic nitrogens is 3. The third-order valence-electron chi connectivity index (χ3n) is 4.86. The average Bonchev–Trinajstić information content (AvgIpc) is 3.04. The fraction of sp³-hybridized carbons (Fsp3) is 0.263. The highest BCUT2D eigenvalue weighted by atomic mass is 35.5. The van der Waals surface area contributed by atoms with Crippen molar-refractivity contribution in [2.75, 3.05) is 13.7 Å². The molecule has 7 nitrogen and oxygen atoms in total. The van der Waals surface area contributed by atoms with Crippen LogP contribution in [0.5, 0.6) is 5.75 Å². The first kappa shape index (κ1) is 18.7. The number of amides is 1. The van der Waals surface area contributed by atoms with Gasteiger partial charge in [-0.2, -0.15) is 0 Å². The SMILES string of the molecule is COc1cnc(C(=O)N2CCc3c(c4ccc(Cl)c(Cl)c4n3C(C)=O)C2)nc1. The van der Waals surface area contributed by atoms with Gasteiger partial charge in [-0.25, -0.2) is 9.97 Å². The standard InChI is InChI=1S/C19H16Cl2N4O3/c1-10(26)25-15-5-6-24(19(27)18-22-7-11(28-2)8-23-18)9-13(15)12-3-4-14(20)16(21)17(12)25/h3-4,7-8H,5-6,9H2,1-2H3. The van der Waals surface area contributed by atoms with Crippen LogP contribution in [0.2, 0.25) is 10.0 Å². The molecule has 28 heavy (non-hydrogen) atoms. The number of carbonyl (C=O) groups excluding carboxylic acids is 2. The molecule has 4 rings (SSSR count). The quantitative estimate of drug-likeness (QED) is 0.635. The first-order chi connectivity index (χ1) is 13.4. The normalized spacial score (nSPS) is 13.5. The van der Waals surface area contributed by atoms with E-state index in [9.17, 15) is 9.59 Å². The summed E-state index contributed by atoms with van der Waals surface area (Å²) in [6.45, 7) is 2.26. The van der Waals surface area contributed by atoms with Crippen LogP contribution in [0.3, 0.4) is 0 Å². The number of fused-ring (bicyclic) bond motifs is 3. The summed E-state index contributed by atoms with van der Waals surface area (Å²) in [6, 6.07) is 3.53. The number of nitrogens with zero attached hydrogens (tertiary/aromatic N) is 4. The second-order valence-corrected chi connectivity index (χ2v) is 7.25. The zero-order valence-corrected chi connectivity index (χ0v) is 16.7. The highest BCUT2D eigenvalue weighted by Gasteiger charge is 2.30. The van der Waals surface area contributed by atoms with Gasteiger partial charge in [-0.3, -0.25) is 14.2 Å². The molecule has 1 aromatic carbocycles. The van der Waals surface area contributed by atoms with E-state index in [1.54, 1.807) is 15.5 Å². The third-order valence-corrected chi connectivity index (χ3v) is 5.66. The zero-order valence-electron chi connectivity index (χ0n) is 15.2. The number of carbonyl (C=O) groups is 2. The number of rotatable bonds is 2. The second-order valence-electron chi connectivity index (χ2n) is 6.46. The fourth-order valence-electron chi connectivity index (χ4n) is 3.57. The molecule has 0 bridgehead atoms. The summed E-state index contributed by atoms with van der Waals surface area (Å²) in [6.07, 6.45) is 3.43. The molecule has 0 unspecified atom stereocenters. The van der Waals surface area contributed by atoms with Crippen molar-refractivity contribution < 1.29 is 14.3 Å². The van der Waals surface area contributed by atoms with E-state index in [0.29, 0.717) is 40.8 Å². The number of hydrogen-bond donors (Lipinski definition) is 0. The number of ether oxygens (including phenoxy) is 1. The van der Waals surface area contributed by atoms with Gasteiger partial charge < -0.3 is 9.64 Å². The van der Waals surface area contributed by atoms with E-state index >= 15 is 0 Å². The molecule has 0 fully saturated rings. The molecule has 2 aromatic heterocycles. The first-order valence-corrected chi connectivity index (χ1v) is 9.34. The van der Waals surface area contributed by atoms with Crippen LogP contribution < -0.4 is 4.74 Å². The molecule has 1 aliphatic heterocycles. The van der Waals surface area contributed by atoms with Crippen molar-refractivity contribution in [1.29, 1.82) is 0 Å². The van der Waals surface area contributed by atoms with E-state index < -0.39 is 0 Å². The summed E-state index contributed by atoms with van der Waals surface area (Å²) in [5.41, 5.74) is 2.32. The molecule has 3 aromatic rings. The van der Waals surface area contributed by atoms with E-state index in [1.165, 1.54) is 26.4 Å². The maximum absolute atomic E-state index is 12.8. The minimum absolute atomic E-state index is 0.0978. The van der Waals surface area contributed by atoms with Crippen LogP contribution in [0, 0.1) is 0 Å². The van der Waals surface area contributed by atoms with Crippen molar-refractivity contribution in [2.45, 2.75) is 19.9 Å². The second kappa shape index (κ2) is 7.07. The van der Waals surface area contributed by atoms with E-state index in [2.05, 4.69) is 9.97 Å². The van der Waals surface area contributed by atoms with Crippen LogP contribution in [-0.2, 0) is 13.0 Å². The predicted molar refractivity (Wildman–Crippen MR) is 105 cm³/mol. The van der Waals surface area contributed by atoms with Crippen LogP contribution in [0.1, 0.15) is 33.6 Å². The number of methoxy groups -OCH3 is 1. The Bertz CT molecular complexity index is 1110. The van der Waals surface area contributed by atoms with Gasteiger partial charge in [-0.1, -0.05) is 29.3 Å². The molecule has 0 atom stereocenters. The summed E-state index contributed by atoms with van der Waals surface area (Å²) in [4.78, 5) is 35.0. The Morgan fingerprint density at radius 1 is 1.18 bits per heavy atom. The van der Waals surface area contributed by atoms with E-state index in [-0.39, 0.29) is 17.6 Å². The van der Waals surface area contributed by atoms with Gasteiger partial charge in [0, 0.05) is 43.1 Å². The van der Waals surface area contributed by atoms with Crippen molar-refractivity contribution in [3.05, 3.63) is 51.7 Å². The Morgan fingerprint density at radius 2 is 1.89 bits per heavy atom. The number of hydrogen-bond acceptors (Lipinski definition) is 5. The molecule has 0 saturated heterocycles. The van der Waals surface area contributed by atoms with E-state index in [1.807, 2.05) is 6.07 Å². The molecule has 0 aliphatic carbocycles. The molecule has 1 amide bonds. The summed E-state index contributed by atoms with van der Waals surface area (Å²) in [7, 11) is 1.51. The van der Waals surface area contributed by atoms with Crippen molar-refractivity contribution in [3.8, 4) is 5.75 Å². The minimum Gasteiger partial charge on any atom is -0.494 e. The van der Waals surface area contributed by atoms with Gasteiger partial charge in [-0.15, -0.1) is 0 Å². The van der Waals surface area contributed by atoms with Crippen LogP contribution in [0.4, 0.5) is 0 Å². The molecule has 0 N–H and O–H groups in total. The molecule has 144 valence electrons. The lowest BCUT2D eigenvalue weighted by Crippen LogP contribution is -2.37.